The van der Waals surface area contributed by atoms with E-state index >= 15 is 0 Å². The van der Waals surface area contributed by atoms with E-state index in [-0.39, 0.29) is 5.78 Å². The van der Waals surface area contributed by atoms with E-state index in [0.29, 0.717) is 5.69 Å². The first kappa shape index (κ1) is 12.1. The minimum Gasteiger partial charge on any atom is -0.496 e. The molecular weight excluding hydrogens is 228 g/mol. The molecule has 0 spiro atoms. The van der Waals surface area contributed by atoms with Crippen molar-refractivity contribution in [2.45, 2.75) is 0 Å². The van der Waals surface area contributed by atoms with Crippen molar-refractivity contribution in [2.24, 2.45) is 7.05 Å². The number of carbonyl (C=O) groups excluding carboxylic acids is 1. The fourth-order valence-electron chi connectivity index (χ4n) is 1.67. The number of hydrogen-bond donors (Lipinski definition) is 0. The highest BCUT2D eigenvalue weighted by Crippen LogP contribution is 2.18. The molecule has 0 fully saturated rings. The summed E-state index contributed by atoms with van der Waals surface area (Å²) in [5.41, 5.74) is 1.43. The Bertz CT molecular complexity index is 585. The monoisotopic (exact) mass is 242 g/mol. The largest absolute Gasteiger partial charge is 0.496 e. The molecule has 0 atom stereocenters. The van der Waals surface area contributed by atoms with E-state index in [1.165, 1.54) is 6.08 Å². The van der Waals surface area contributed by atoms with Gasteiger partial charge in [0.25, 0.3) is 0 Å². The molecule has 0 saturated carbocycles. The fraction of sp³-hybridized carbons (Fsp3) is 0.143. The maximum Gasteiger partial charge on any atom is 0.203 e. The highest BCUT2D eigenvalue weighted by atomic mass is 16.5. The molecule has 4 heteroatoms. The summed E-state index contributed by atoms with van der Waals surface area (Å²) in [5.74, 6) is 0.660. The lowest BCUT2D eigenvalue weighted by Gasteiger charge is -2.03. The fourth-order valence-corrected chi connectivity index (χ4v) is 1.67. The second-order valence-electron chi connectivity index (χ2n) is 3.78. The lowest BCUT2D eigenvalue weighted by Crippen LogP contribution is -2.03. The van der Waals surface area contributed by atoms with Gasteiger partial charge in [-0.25, -0.2) is 0 Å². The molecule has 0 aliphatic carbocycles. The number of ketones is 1. The van der Waals surface area contributed by atoms with E-state index in [2.05, 4.69) is 5.10 Å². The van der Waals surface area contributed by atoms with Crippen molar-refractivity contribution in [3.05, 3.63) is 53.9 Å². The van der Waals surface area contributed by atoms with Crippen LogP contribution in [0, 0.1) is 0 Å². The molecule has 0 radical (unpaired) electrons. The van der Waals surface area contributed by atoms with Crippen LogP contribution >= 0.6 is 0 Å². The molecule has 92 valence electrons. The molecule has 2 aromatic rings. The predicted molar refractivity (Wildman–Crippen MR) is 69.6 cm³/mol. The number of carbonyl (C=O) groups is 1. The second kappa shape index (κ2) is 5.31. The molecule has 1 aromatic heterocycles. The third-order valence-corrected chi connectivity index (χ3v) is 2.63. The van der Waals surface area contributed by atoms with Gasteiger partial charge in [0.1, 0.15) is 11.4 Å². The van der Waals surface area contributed by atoms with Gasteiger partial charge < -0.3 is 4.74 Å². The number of rotatable bonds is 4. The third kappa shape index (κ3) is 2.48. The maximum absolute atomic E-state index is 11.9. The van der Waals surface area contributed by atoms with E-state index in [0.717, 1.165) is 11.3 Å². The molecule has 0 aliphatic heterocycles. The highest BCUT2D eigenvalue weighted by molar-refractivity contribution is 6.05. The van der Waals surface area contributed by atoms with Gasteiger partial charge in [-0.3, -0.25) is 9.48 Å². The summed E-state index contributed by atoms with van der Waals surface area (Å²) in [4.78, 5) is 11.9. The van der Waals surface area contributed by atoms with Crippen LogP contribution in [0.5, 0.6) is 5.75 Å². The summed E-state index contributed by atoms with van der Waals surface area (Å²) < 4.78 is 6.76. The zero-order chi connectivity index (χ0) is 13.0. The van der Waals surface area contributed by atoms with Gasteiger partial charge in [-0.15, -0.1) is 0 Å². The van der Waals surface area contributed by atoms with Crippen molar-refractivity contribution in [1.82, 2.24) is 9.78 Å². The van der Waals surface area contributed by atoms with Crippen molar-refractivity contribution in [2.75, 3.05) is 7.11 Å². The molecular formula is C14H14N2O2. The van der Waals surface area contributed by atoms with Crippen molar-refractivity contribution in [1.29, 1.82) is 0 Å². The maximum atomic E-state index is 11.9. The first-order valence-corrected chi connectivity index (χ1v) is 5.56. The molecule has 1 aromatic carbocycles. The van der Waals surface area contributed by atoms with Gasteiger partial charge in [-0.1, -0.05) is 18.2 Å². The summed E-state index contributed by atoms with van der Waals surface area (Å²) in [5, 5.41) is 3.96. The van der Waals surface area contributed by atoms with Crippen LogP contribution in [0.2, 0.25) is 0 Å². The number of para-hydroxylation sites is 1. The molecule has 1 heterocycles. The number of nitrogens with zero attached hydrogens (tertiary/aromatic N) is 2. The van der Waals surface area contributed by atoms with Crippen molar-refractivity contribution in [3.63, 3.8) is 0 Å². The summed E-state index contributed by atoms with van der Waals surface area (Å²) in [6.07, 6.45) is 4.87. The second-order valence-corrected chi connectivity index (χ2v) is 3.78. The number of hydrogen-bond acceptors (Lipinski definition) is 3. The Morgan fingerprint density at radius 1 is 1.33 bits per heavy atom. The van der Waals surface area contributed by atoms with Crippen LogP contribution in [0.15, 0.2) is 42.6 Å². The van der Waals surface area contributed by atoms with Gasteiger partial charge >= 0.3 is 0 Å². The summed E-state index contributed by atoms with van der Waals surface area (Å²) in [6.45, 7) is 0. The average molecular weight is 242 g/mol. The summed E-state index contributed by atoms with van der Waals surface area (Å²) >= 11 is 0. The topological polar surface area (TPSA) is 44.1 Å². The zero-order valence-electron chi connectivity index (χ0n) is 10.3. The van der Waals surface area contributed by atoms with Gasteiger partial charge in [0, 0.05) is 18.8 Å². The van der Waals surface area contributed by atoms with Crippen LogP contribution in [0.3, 0.4) is 0 Å². The Hall–Kier alpha value is -2.36. The Balaban J connectivity index is 2.21. The number of aryl methyl sites for hydroxylation is 1. The average Bonchev–Trinajstić information content (AvgIpc) is 2.82. The molecule has 0 aliphatic rings. The molecule has 4 nitrogen and oxygen atoms in total. The van der Waals surface area contributed by atoms with Crippen LogP contribution < -0.4 is 4.74 Å². The standard InChI is InChI=1S/C14H14N2O2/c1-16-12(9-10-15-16)13(17)8-7-11-5-3-4-6-14(11)18-2/h3-10H,1-2H3/b8-7+. The minimum atomic E-state index is -0.0825. The van der Waals surface area contributed by atoms with Gasteiger partial charge in [-0.05, 0) is 24.3 Å². The minimum absolute atomic E-state index is 0.0825. The van der Waals surface area contributed by atoms with E-state index in [1.54, 1.807) is 37.2 Å². The number of benzene rings is 1. The molecule has 0 amide bonds. The molecule has 0 unspecified atom stereocenters. The Morgan fingerprint density at radius 3 is 2.78 bits per heavy atom. The van der Waals surface area contributed by atoms with Crippen molar-refractivity contribution < 1.29 is 9.53 Å². The van der Waals surface area contributed by atoms with Crippen LogP contribution in [-0.4, -0.2) is 22.7 Å². The van der Waals surface area contributed by atoms with Crippen LogP contribution in [0.1, 0.15) is 16.1 Å². The molecule has 0 saturated heterocycles. The third-order valence-electron chi connectivity index (χ3n) is 2.63. The van der Waals surface area contributed by atoms with Crippen LogP contribution in [-0.2, 0) is 7.05 Å². The summed E-state index contributed by atoms with van der Waals surface area (Å²) in [7, 11) is 3.35. The van der Waals surface area contributed by atoms with E-state index in [4.69, 9.17) is 4.74 Å². The zero-order valence-corrected chi connectivity index (χ0v) is 10.3. The van der Waals surface area contributed by atoms with Gasteiger partial charge in [0.2, 0.25) is 5.78 Å². The van der Waals surface area contributed by atoms with Crippen molar-refractivity contribution in [3.8, 4) is 5.75 Å². The first-order valence-electron chi connectivity index (χ1n) is 5.56. The normalized spacial score (nSPS) is 10.8. The van der Waals surface area contributed by atoms with Gasteiger partial charge in [0.05, 0.1) is 7.11 Å². The lowest BCUT2D eigenvalue weighted by molar-refractivity contribution is 0.103. The lowest BCUT2D eigenvalue weighted by atomic mass is 10.1. The molecule has 0 bridgehead atoms. The first-order chi connectivity index (χ1) is 8.72. The van der Waals surface area contributed by atoms with Crippen LogP contribution in [0.25, 0.3) is 6.08 Å². The van der Waals surface area contributed by atoms with Crippen molar-refractivity contribution >= 4 is 11.9 Å². The number of aromatic nitrogens is 2. The SMILES string of the molecule is COc1ccccc1/C=C/C(=O)c1ccnn1C. The Labute approximate surface area is 106 Å². The molecule has 0 N–H and O–H groups in total. The quantitative estimate of drug-likeness (QED) is 0.610. The van der Waals surface area contributed by atoms with E-state index < -0.39 is 0 Å². The predicted octanol–water partition coefficient (Wildman–Crippen LogP) is 2.32. The number of ether oxygens (including phenoxy) is 1. The Kier molecular flexibility index (Phi) is 3.57. The molecule has 18 heavy (non-hydrogen) atoms. The number of allylic oxidation sites excluding steroid dienone is 1. The van der Waals surface area contributed by atoms with Crippen LogP contribution in [0.4, 0.5) is 0 Å². The smallest absolute Gasteiger partial charge is 0.203 e. The highest BCUT2D eigenvalue weighted by Gasteiger charge is 2.06. The molecule has 2 rings (SSSR count). The van der Waals surface area contributed by atoms with E-state index in [9.17, 15) is 4.79 Å². The van der Waals surface area contributed by atoms with Gasteiger partial charge in [-0.2, -0.15) is 5.10 Å². The van der Waals surface area contributed by atoms with Gasteiger partial charge in [0.15, 0.2) is 0 Å². The summed E-state index contributed by atoms with van der Waals surface area (Å²) in [6, 6.07) is 9.23. The number of methoxy groups -OCH3 is 1. The van der Waals surface area contributed by atoms with E-state index in [1.807, 2.05) is 24.3 Å². The Morgan fingerprint density at radius 2 is 2.11 bits per heavy atom.